The first-order chi connectivity index (χ1) is 20.3. The fraction of sp³-hybridized carbons (Fsp3) is 0.0833. The molecule has 0 amide bonds. The second kappa shape index (κ2) is 9.07. The molecule has 7 aromatic rings. The van der Waals surface area contributed by atoms with Crippen LogP contribution in [0.5, 0.6) is 0 Å². The lowest BCUT2D eigenvalue weighted by Gasteiger charge is -2.56. The van der Waals surface area contributed by atoms with Crippen LogP contribution in [-0.2, 0) is 11.1 Å². The maximum absolute atomic E-state index is 5.98. The van der Waals surface area contributed by atoms with Crippen LogP contribution in [0.25, 0.3) is 11.4 Å². The predicted molar refractivity (Wildman–Crippen MR) is 145 cm³/mol. The van der Waals surface area contributed by atoms with Crippen LogP contribution in [0.15, 0.2) is 87.3 Å². The van der Waals surface area contributed by atoms with Gasteiger partial charge in [0.2, 0.25) is 11.7 Å². The average molecular weight is 584 g/mol. The second-order valence-electron chi connectivity index (χ2n) is 8.86. The van der Waals surface area contributed by atoms with Crippen molar-refractivity contribution in [2.45, 2.75) is 11.1 Å². The molecule has 0 fully saturated rings. The normalized spacial score (nSPS) is 20.9. The Balaban J connectivity index is 1.63. The Kier molecular flexibility index (Phi) is 5.19. The number of thiazole rings is 1. The smallest absolute Gasteiger partial charge is 0.245 e. The first kappa shape index (κ1) is 23.5. The molecule has 0 aromatic carbocycles. The van der Waals surface area contributed by atoms with Gasteiger partial charge in [-0.15, -0.1) is 21.5 Å². The van der Waals surface area contributed by atoms with Gasteiger partial charge in [-0.25, -0.2) is 9.97 Å². The summed E-state index contributed by atoms with van der Waals surface area (Å²) in [4.78, 5) is 14.7. The number of hydrogen-bond acceptors (Lipinski definition) is 14. The summed E-state index contributed by atoms with van der Waals surface area (Å²) in [6, 6.07) is 9.39. The Hall–Kier alpha value is -5.42. The van der Waals surface area contributed by atoms with Crippen molar-refractivity contribution in [3.8, 4) is 0 Å². The van der Waals surface area contributed by atoms with E-state index in [0.29, 0.717) is 45.2 Å². The number of H-pyrrole nitrogens is 3. The van der Waals surface area contributed by atoms with E-state index in [0.717, 1.165) is 0 Å². The quantitative estimate of drug-likeness (QED) is 0.215. The molecule has 0 aliphatic carbocycles. The van der Waals surface area contributed by atoms with Crippen molar-refractivity contribution in [2.24, 2.45) is 0 Å². The maximum atomic E-state index is 5.98. The van der Waals surface area contributed by atoms with Crippen LogP contribution in [0.1, 0.15) is 34.5 Å². The zero-order chi connectivity index (χ0) is 27.3. The van der Waals surface area contributed by atoms with Crippen molar-refractivity contribution in [2.75, 3.05) is 4.90 Å². The molecular formula is C24H17N13O2S2. The summed E-state index contributed by atoms with van der Waals surface area (Å²) in [7, 11) is 0. The van der Waals surface area contributed by atoms with E-state index in [1.54, 1.807) is 24.7 Å². The molecule has 1 aliphatic rings. The highest BCUT2D eigenvalue weighted by molar-refractivity contribution is 7.13. The SMILES string of the molecule is c1c[nH]c(C2(c3ccon3)NC(c3ccsn3)=C(c3ncco3)N(c3nccs3)C2(c2nn[nH]n2)c2ccn[nH]2)c1. The summed E-state index contributed by atoms with van der Waals surface area (Å²) in [5, 5.41) is 36.0. The molecule has 15 nitrogen and oxygen atoms in total. The predicted octanol–water partition coefficient (Wildman–Crippen LogP) is 2.96. The van der Waals surface area contributed by atoms with Crippen molar-refractivity contribution < 1.29 is 8.94 Å². The molecule has 7 aromatic heterocycles. The molecule has 8 heterocycles. The Morgan fingerprint density at radius 2 is 1.98 bits per heavy atom. The summed E-state index contributed by atoms with van der Waals surface area (Å²) in [6.45, 7) is 0. The molecule has 2 unspecified atom stereocenters. The summed E-state index contributed by atoms with van der Waals surface area (Å²) in [5.41, 5.74) is 0.754. The maximum Gasteiger partial charge on any atom is 0.245 e. The molecule has 4 N–H and O–H groups in total. The number of hydrogen-bond donors (Lipinski definition) is 4. The Labute approximate surface area is 237 Å². The number of aromatic nitrogens is 11. The number of oxazole rings is 1. The van der Waals surface area contributed by atoms with E-state index in [-0.39, 0.29) is 5.82 Å². The van der Waals surface area contributed by atoms with E-state index in [1.165, 1.54) is 35.4 Å². The molecule has 0 bridgehead atoms. The van der Waals surface area contributed by atoms with Gasteiger partial charge in [-0.05, 0) is 35.8 Å². The first-order valence-corrected chi connectivity index (χ1v) is 13.9. The third-order valence-electron chi connectivity index (χ3n) is 6.97. The molecule has 8 rings (SSSR count). The van der Waals surface area contributed by atoms with Crippen LogP contribution in [0.3, 0.4) is 0 Å². The number of anilines is 1. The highest BCUT2D eigenvalue weighted by atomic mass is 32.1. The van der Waals surface area contributed by atoms with Gasteiger partial charge in [-0.3, -0.25) is 10.00 Å². The first-order valence-electron chi connectivity index (χ1n) is 12.2. The molecule has 1 aliphatic heterocycles. The molecule has 17 heteroatoms. The van der Waals surface area contributed by atoms with Gasteiger partial charge in [-0.1, -0.05) is 10.4 Å². The zero-order valence-electron chi connectivity index (χ0n) is 20.7. The van der Waals surface area contributed by atoms with Gasteiger partial charge >= 0.3 is 0 Å². The molecule has 202 valence electrons. The summed E-state index contributed by atoms with van der Waals surface area (Å²) in [5.74, 6) is 0.576. The fourth-order valence-electron chi connectivity index (χ4n) is 5.52. The zero-order valence-corrected chi connectivity index (χ0v) is 22.3. The summed E-state index contributed by atoms with van der Waals surface area (Å²) in [6.07, 6.45) is 9.81. The van der Waals surface area contributed by atoms with E-state index >= 15 is 0 Å². The Morgan fingerprint density at radius 3 is 2.63 bits per heavy atom. The van der Waals surface area contributed by atoms with Crippen LogP contribution >= 0.6 is 22.9 Å². The van der Waals surface area contributed by atoms with E-state index in [9.17, 15) is 0 Å². The monoisotopic (exact) mass is 583 g/mol. The standard InChI is InChI=1S/C24H17N13O2S2/c1-2-15(25-6-1)23(16-4-10-39-33-16)24(17-3-7-28-30-17,21-31-35-36-32-21)37(22-27-9-13-40-22)19(20-26-8-11-38-20)18(29-23)14-5-12-41-34-14/h1-13,25,29H,(H,28,30)(H,31,32,35,36). The number of tetrazole rings is 1. The Morgan fingerprint density at radius 1 is 0.976 bits per heavy atom. The van der Waals surface area contributed by atoms with Gasteiger partial charge in [0.25, 0.3) is 0 Å². The van der Waals surface area contributed by atoms with Crippen molar-refractivity contribution in [3.05, 3.63) is 113 Å². The summed E-state index contributed by atoms with van der Waals surface area (Å²) >= 11 is 2.73. The van der Waals surface area contributed by atoms with Crippen LogP contribution in [0.2, 0.25) is 0 Å². The number of nitrogens with zero attached hydrogens (tertiary/aromatic N) is 9. The third kappa shape index (κ3) is 3.17. The minimum absolute atomic E-state index is 0.267. The van der Waals surface area contributed by atoms with Crippen molar-refractivity contribution in [3.63, 3.8) is 0 Å². The van der Waals surface area contributed by atoms with Crippen molar-refractivity contribution in [1.29, 1.82) is 0 Å². The van der Waals surface area contributed by atoms with Crippen LogP contribution < -0.4 is 10.2 Å². The van der Waals surface area contributed by atoms with Gasteiger partial charge in [0.05, 0.1) is 23.3 Å². The minimum Gasteiger partial charge on any atom is -0.443 e. The second-order valence-corrected chi connectivity index (χ2v) is 10.4. The molecule has 0 saturated heterocycles. The van der Waals surface area contributed by atoms with Crippen molar-refractivity contribution in [1.82, 2.24) is 60.6 Å². The van der Waals surface area contributed by atoms with Crippen LogP contribution in [0.4, 0.5) is 5.13 Å². The van der Waals surface area contributed by atoms with Crippen LogP contribution in [0, 0.1) is 0 Å². The molecule has 0 saturated carbocycles. The number of nitrogens with one attached hydrogen (secondary N) is 4. The molecule has 0 spiro atoms. The molecular weight excluding hydrogens is 566 g/mol. The minimum atomic E-state index is -1.46. The van der Waals surface area contributed by atoms with Gasteiger partial charge in [0, 0.05) is 35.4 Å². The lowest BCUT2D eigenvalue weighted by atomic mass is 9.66. The lowest BCUT2D eigenvalue weighted by molar-refractivity contribution is 0.230. The van der Waals surface area contributed by atoms with Gasteiger partial charge in [-0.2, -0.15) is 14.7 Å². The van der Waals surface area contributed by atoms with E-state index in [2.05, 4.69) is 51.3 Å². The van der Waals surface area contributed by atoms with E-state index < -0.39 is 11.1 Å². The number of rotatable bonds is 7. The molecule has 0 radical (unpaired) electrons. The van der Waals surface area contributed by atoms with Gasteiger partial charge in [0.1, 0.15) is 29.6 Å². The highest BCUT2D eigenvalue weighted by Crippen LogP contribution is 2.59. The molecule has 41 heavy (non-hydrogen) atoms. The van der Waals surface area contributed by atoms with Gasteiger partial charge < -0.3 is 19.2 Å². The Bertz CT molecular complexity index is 1790. The van der Waals surface area contributed by atoms with Crippen molar-refractivity contribution >= 4 is 39.4 Å². The largest absolute Gasteiger partial charge is 0.443 e. The average Bonchev–Trinajstić information content (AvgIpc) is 3.88. The highest BCUT2D eigenvalue weighted by Gasteiger charge is 2.69. The summed E-state index contributed by atoms with van der Waals surface area (Å²) < 4.78 is 16.2. The van der Waals surface area contributed by atoms with Gasteiger partial charge in [0.15, 0.2) is 16.2 Å². The van der Waals surface area contributed by atoms with E-state index in [1.807, 2.05) is 46.1 Å². The molecule has 2 atom stereocenters. The number of aromatic amines is 3. The fourth-order valence-corrected chi connectivity index (χ4v) is 6.74. The lowest BCUT2D eigenvalue weighted by Crippen LogP contribution is -2.70. The topological polar surface area (TPSA) is 192 Å². The third-order valence-corrected chi connectivity index (χ3v) is 8.29. The van der Waals surface area contributed by atoms with E-state index in [4.69, 9.17) is 18.3 Å². The van der Waals surface area contributed by atoms with Crippen LogP contribution in [-0.4, -0.2) is 55.3 Å².